The fraction of sp³-hybridized carbons (Fsp3) is 0.778. The molecule has 0 aromatic carbocycles. The maximum absolute atomic E-state index is 5.66. The van der Waals surface area contributed by atoms with E-state index >= 15 is 0 Å². The fourth-order valence-electron chi connectivity index (χ4n) is 1.08. The highest BCUT2D eigenvalue weighted by Crippen LogP contribution is 2.19. The van der Waals surface area contributed by atoms with Gasteiger partial charge in [0.1, 0.15) is 0 Å². The monoisotopic (exact) mass is 141 g/mol. The minimum atomic E-state index is 1.13. The third kappa shape index (κ3) is 2.90. The summed E-state index contributed by atoms with van der Waals surface area (Å²) in [5, 5.41) is 0. The van der Waals surface area contributed by atoms with E-state index in [-0.39, 0.29) is 0 Å². The Morgan fingerprint density at radius 1 is 1.10 bits per heavy atom. The summed E-state index contributed by atoms with van der Waals surface area (Å²) in [4.78, 5) is 0. The Hall–Kier alpha value is -0.460. The zero-order chi connectivity index (χ0) is 7.98. The van der Waals surface area contributed by atoms with Gasteiger partial charge in [-0.1, -0.05) is 19.4 Å². The molecule has 0 aromatic heterocycles. The van der Waals surface area contributed by atoms with Crippen molar-refractivity contribution < 1.29 is 0 Å². The molecule has 0 aromatic rings. The van der Waals surface area contributed by atoms with E-state index in [1.165, 1.54) is 24.8 Å². The van der Waals surface area contributed by atoms with Gasteiger partial charge >= 0.3 is 0 Å². The first-order chi connectivity index (χ1) is 4.80. The van der Waals surface area contributed by atoms with Crippen LogP contribution in [0.25, 0.3) is 0 Å². The van der Waals surface area contributed by atoms with E-state index in [0.717, 1.165) is 12.1 Å². The molecule has 0 fully saturated rings. The number of nitrogens with two attached hydrogens (primary N) is 1. The Morgan fingerprint density at radius 3 is 1.90 bits per heavy atom. The van der Waals surface area contributed by atoms with Crippen LogP contribution in [0.2, 0.25) is 0 Å². The van der Waals surface area contributed by atoms with E-state index in [2.05, 4.69) is 6.92 Å². The molecule has 0 aliphatic heterocycles. The molecule has 1 rings (SSSR count). The number of allylic oxidation sites excluding steroid dienone is 2. The second-order valence-corrected chi connectivity index (χ2v) is 2.51. The predicted octanol–water partition coefficient (Wildman–Crippen LogP) is 2.82. The summed E-state index contributed by atoms with van der Waals surface area (Å²) in [6.45, 7) is 6.13. The molecule has 0 bridgehead atoms. The fourth-order valence-corrected chi connectivity index (χ4v) is 1.08. The molecule has 60 valence electrons. The van der Waals surface area contributed by atoms with E-state index in [0.29, 0.717) is 0 Å². The summed E-state index contributed by atoms with van der Waals surface area (Å²) in [6.07, 6.45) is 4.99. The average Bonchev–Trinajstić information content (AvgIpc) is 2.00. The lowest BCUT2D eigenvalue weighted by Crippen LogP contribution is -2.05. The van der Waals surface area contributed by atoms with Crippen molar-refractivity contribution in [3.63, 3.8) is 0 Å². The molecule has 2 N–H and O–H groups in total. The third-order valence-electron chi connectivity index (χ3n) is 1.80. The van der Waals surface area contributed by atoms with Gasteiger partial charge in [-0.2, -0.15) is 0 Å². The van der Waals surface area contributed by atoms with Gasteiger partial charge in [-0.25, -0.2) is 0 Å². The van der Waals surface area contributed by atoms with Crippen molar-refractivity contribution in [1.82, 2.24) is 0 Å². The Morgan fingerprint density at radius 2 is 1.60 bits per heavy atom. The number of hydrogen-bond acceptors (Lipinski definition) is 1. The van der Waals surface area contributed by atoms with Crippen molar-refractivity contribution in [2.24, 2.45) is 5.73 Å². The van der Waals surface area contributed by atoms with Crippen molar-refractivity contribution >= 4 is 0 Å². The van der Waals surface area contributed by atoms with Gasteiger partial charge in [-0.3, -0.25) is 0 Å². The Bertz CT molecular complexity index is 99.9. The molecule has 1 nitrogen and oxygen atoms in total. The van der Waals surface area contributed by atoms with Crippen molar-refractivity contribution in [1.29, 1.82) is 0 Å². The lowest BCUT2D eigenvalue weighted by atomic mass is 9.98. The van der Waals surface area contributed by atoms with Crippen molar-refractivity contribution in [3.05, 3.63) is 11.3 Å². The van der Waals surface area contributed by atoms with E-state index in [1.807, 2.05) is 13.8 Å². The van der Waals surface area contributed by atoms with Gasteiger partial charge in [-0.05, 0) is 32.6 Å². The Labute approximate surface area is 64.3 Å². The highest BCUT2D eigenvalue weighted by Gasteiger charge is 2.03. The molecule has 0 unspecified atom stereocenters. The summed E-state index contributed by atoms with van der Waals surface area (Å²) >= 11 is 0. The highest BCUT2D eigenvalue weighted by atomic mass is 14.6. The number of hydrogen-bond donors (Lipinski definition) is 1. The summed E-state index contributed by atoms with van der Waals surface area (Å²) in [5.74, 6) is 0. The molecule has 1 aliphatic carbocycles. The third-order valence-corrected chi connectivity index (χ3v) is 1.80. The molecular weight excluding hydrogens is 122 g/mol. The molecule has 0 saturated carbocycles. The van der Waals surface area contributed by atoms with Gasteiger partial charge < -0.3 is 5.73 Å². The summed E-state index contributed by atoms with van der Waals surface area (Å²) < 4.78 is 0. The molecule has 0 spiro atoms. The number of rotatable bonds is 0. The second kappa shape index (κ2) is 5.33. The normalized spacial score (nSPS) is 17.9. The van der Waals surface area contributed by atoms with E-state index < -0.39 is 0 Å². The van der Waals surface area contributed by atoms with Crippen LogP contribution >= 0.6 is 0 Å². The molecular formula is C9H19N. The maximum Gasteiger partial charge on any atom is 0.00695 e. The van der Waals surface area contributed by atoms with Gasteiger partial charge in [0.25, 0.3) is 0 Å². The van der Waals surface area contributed by atoms with Gasteiger partial charge in [0.15, 0.2) is 0 Å². The standard InChI is InChI=1S/C7H13N.C2H6/c1-6-4-2-3-5-7(6)8;1-2/h2-5,8H2,1H3;1-2H3. The average molecular weight is 141 g/mol. The van der Waals surface area contributed by atoms with Crippen LogP contribution in [0.15, 0.2) is 11.3 Å². The Balaban J connectivity index is 0.000000371. The lowest BCUT2D eigenvalue weighted by molar-refractivity contribution is 0.667. The van der Waals surface area contributed by atoms with E-state index in [4.69, 9.17) is 5.73 Å². The zero-order valence-corrected chi connectivity index (χ0v) is 7.41. The molecule has 0 radical (unpaired) electrons. The van der Waals surface area contributed by atoms with Crippen LogP contribution in [0.1, 0.15) is 46.5 Å². The van der Waals surface area contributed by atoms with Crippen LogP contribution < -0.4 is 5.73 Å². The topological polar surface area (TPSA) is 26.0 Å². The molecule has 0 amide bonds. The minimum absolute atomic E-state index is 1.13. The first kappa shape index (κ1) is 9.54. The first-order valence-corrected chi connectivity index (χ1v) is 4.25. The lowest BCUT2D eigenvalue weighted by Gasteiger charge is -2.12. The van der Waals surface area contributed by atoms with Gasteiger partial charge in [-0.15, -0.1) is 0 Å². The van der Waals surface area contributed by atoms with Crippen molar-refractivity contribution in [2.45, 2.75) is 46.5 Å². The highest BCUT2D eigenvalue weighted by molar-refractivity contribution is 5.10. The largest absolute Gasteiger partial charge is 0.402 e. The summed E-state index contributed by atoms with van der Waals surface area (Å²) in [7, 11) is 0. The Kier molecular flexibility index (Phi) is 5.09. The minimum Gasteiger partial charge on any atom is -0.402 e. The van der Waals surface area contributed by atoms with E-state index in [1.54, 1.807) is 0 Å². The van der Waals surface area contributed by atoms with Gasteiger partial charge in [0.05, 0.1) is 0 Å². The summed E-state index contributed by atoms with van der Waals surface area (Å²) in [5.41, 5.74) is 8.21. The second-order valence-electron chi connectivity index (χ2n) is 2.51. The van der Waals surface area contributed by atoms with Crippen LogP contribution in [0.5, 0.6) is 0 Å². The maximum atomic E-state index is 5.66. The van der Waals surface area contributed by atoms with Crippen LogP contribution in [0.4, 0.5) is 0 Å². The smallest absolute Gasteiger partial charge is 0.00695 e. The molecule has 1 heteroatoms. The summed E-state index contributed by atoms with van der Waals surface area (Å²) in [6, 6.07) is 0. The van der Waals surface area contributed by atoms with Crippen molar-refractivity contribution in [2.75, 3.05) is 0 Å². The molecule has 0 atom stereocenters. The SMILES string of the molecule is CC.CC1=C(N)CCCC1. The van der Waals surface area contributed by atoms with E-state index in [9.17, 15) is 0 Å². The van der Waals surface area contributed by atoms with Crippen molar-refractivity contribution in [3.8, 4) is 0 Å². The van der Waals surface area contributed by atoms with Gasteiger partial charge in [0, 0.05) is 5.70 Å². The van der Waals surface area contributed by atoms with Crippen LogP contribution in [-0.4, -0.2) is 0 Å². The van der Waals surface area contributed by atoms with Crippen LogP contribution in [0.3, 0.4) is 0 Å². The quantitative estimate of drug-likeness (QED) is 0.551. The zero-order valence-electron chi connectivity index (χ0n) is 7.41. The van der Waals surface area contributed by atoms with Crippen LogP contribution in [0, 0.1) is 0 Å². The van der Waals surface area contributed by atoms with Gasteiger partial charge in [0.2, 0.25) is 0 Å². The molecule has 1 aliphatic rings. The molecule has 0 saturated heterocycles. The molecule has 0 heterocycles. The first-order valence-electron chi connectivity index (χ1n) is 4.25. The predicted molar refractivity (Wildman–Crippen MR) is 46.7 cm³/mol. The van der Waals surface area contributed by atoms with Crippen LogP contribution in [-0.2, 0) is 0 Å². The molecule has 10 heavy (non-hydrogen) atoms.